The minimum atomic E-state index is -0.283. The summed E-state index contributed by atoms with van der Waals surface area (Å²) < 4.78 is 0. The van der Waals surface area contributed by atoms with E-state index in [-0.39, 0.29) is 6.10 Å². The quantitative estimate of drug-likeness (QED) is 0.576. The highest BCUT2D eigenvalue weighted by Crippen LogP contribution is 1.96. The lowest BCUT2D eigenvalue weighted by atomic mass is 10.2. The average molecular weight is 125 g/mol. The van der Waals surface area contributed by atoms with E-state index in [4.69, 9.17) is 10.4 Å². The lowest BCUT2D eigenvalue weighted by molar-refractivity contribution is 0.174. The SMILES string of the molecule is CCC(O)C/C=C/C#N. The van der Waals surface area contributed by atoms with Gasteiger partial charge in [0.05, 0.1) is 12.2 Å². The third-order valence-corrected chi connectivity index (χ3v) is 1.07. The van der Waals surface area contributed by atoms with Crippen LogP contribution < -0.4 is 0 Å². The first-order valence-corrected chi connectivity index (χ1v) is 3.04. The molecule has 0 spiro atoms. The summed E-state index contributed by atoms with van der Waals surface area (Å²) in [5.41, 5.74) is 0. The zero-order valence-corrected chi connectivity index (χ0v) is 5.54. The Hall–Kier alpha value is -0.810. The molecule has 0 aliphatic rings. The molecule has 9 heavy (non-hydrogen) atoms. The lowest BCUT2D eigenvalue weighted by Gasteiger charge is -1.99. The number of nitriles is 1. The van der Waals surface area contributed by atoms with Gasteiger partial charge < -0.3 is 5.11 Å². The molecule has 0 aromatic carbocycles. The molecule has 0 heterocycles. The van der Waals surface area contributed by atoms with Crippen LogP contribution in [0.5, 0.6) is 0 Å². The van der Waals surface area contributed by atoms with E-state index in [0.29, 0.717) is 6.42 Å². The Morgan fingerprint density at radius 1 is 1.78 bits per heavy atom. The molecule has 0 bridgehead atoms. The van der Waals surface area contributed by atoms with Crippen LogP contribution in [0.4, 0.5) is 0 Å². The fraction of sp³-hybridized carbons (Fsp3) is 0.571. The number of hydrogen-bond donors (Lipinski definition) is 1. The van der Waals surface area contributed by atoms with E-state index < -0.39 is 0 Å². The van der Waals surface area contributed by atoms with Gasteiger partial charge in [0.25, 0.3) is 0 Å². The van der Waals surface area contributed by atoms with Crippen molar-refractivity contribution in [3.63, 3.8) is 0 Å². The summed E-state index contributed by atoms with van der Waals surface area (Å²) in [5, 5.41) is 17.0. The predicted octanol–water partition coefficient (Wildman–Crippen LogP) is 1.23. The molecule has 0 aliphatic heterocycles. The van der Waals surface area contributed by atoms with Crippen LogP contribution in [-0.2, 0) is 0 Å². The fourth-order valence-corrected chi connectivity index (χ4v) is 0.444. The maximum Gasteiger partial charge on any atom is 0.0908 e. The van der Waals surface area contributed by atoms with Gasteiger partial charge in [-0.25, -0.2) is 0 Å². The molecule has 0 saturated heterocycles. The van der Waals surface area contributed by atoms with Crippen LogP contribution in [0.2, 0.25) is 0 Å². The molecule has 1 atom stereocenters. The number of aliphatic hydroxyl groups is 1. The highest BCUT2D eigenvalue weighted by Gasteiger charge is 1.93. The van der Waals surface area contributed by atoms with Crippen LogP contribution in [0.3, 0.4) is 0 Å². The minimum absolute atomic E-state index is 0.283. The first-order chi connectivity index (χ1) is 4.31. The van der Waals surface area contributed by atoms with E-state index in [1.165, 1.54) is 6.08 Å². The molecule has 50 valence electrons. The van der Waals surface area contributed by atoms with Gasteiger partial charge in [-0.05, 0) is 12.8 Å². The topological polar surface area (TPSA) is 44.0 Å². The van der Waals surface area contributed by atoms with Gasteiger partial charge in [0.2, 0.25) is 0 Å². The smallest absolute Gasteiger partial charge is 0.0908 e. The predicted molar refractivity (Wildman–Crippen MR) is 35.7 cm³/mol. The fourth-order valence-electron chi connectivity index (χ4n) is 0.444. The van der Waals surface area contributed by atoms with E-state index in [2.05, 4.69) is 0 Å². The van der Waals surface area contributed by atoms with Crippen molar-refractivity contribution in [2.75, 3.05) is 0 Å². The van der Waals surface area contributed by atoms with E-state index in [0.717, 1.165) is 6.42 Å². The molecule has 1 unspecified atom stereocenters. The van der Waals surface area contributed by atoms with E-state index in [1.807, 2.05) is 13.0 Å². The van der Waals surface area contributed by atoms with Crippen LogP contribution in [0.15, 0.2) is 12.2 Å². The number of allylic oxidation sites excluding steroid dienone is 1. The van der Waals surface area contributed by atoms with E-state index in [1.54, 1.807) is 6.08 Å². The summed E-state index contributed by atoms with van der Waals surface area (Å²) in [5.74, 6) is 0. The number of nitrogens with zero attached hydrogens (tertiary/aromatic N) is 1. The molecule has 0 amide bonds. The van der Waals surface area contributed by atoms with Crippen molar-refractivity contribution in [1.29, 1.82) is 5.26 Å². The molecule has 2 nitrogen and oxygen atoms in total. The first kappa shape index (κ1) is 8.19. The Morgan fingerprint density at radius 3 is 2.89 bits per heavy atom. The molecule has 0 saturated carbocycles. The van der Waals surface area contributed by atoms with Crippen LogP contribution in [0.1, 0.15) is 19.8 Å². The highest BCUT2D eigenvalue weighted by atomic mass is 16.3. The summed E-state index contributed by atoms with van der Waals surface area (Å²) in [6, 6.07) is 1.86. The van der Waals surface area contributed by atoms with Crippen molar-refractivity contribution in [2.45, 2.75) is 25.9 Å². The van der Waals surface area contributed by atoms with Crippen LogP contribution in [-0.4, -0.2) is 11.2 Å². The first-order valence-electron chi connectivity index (χ1n) is 3.04. The largest absolute Gasteiger partial charge is 0.393 e. The monoisotopic (exact) mass is 125 g/mol. The van der Waals surface area contributed by atoms with Gasteiger partial charge in [-0.1, -0.05) is 13.0 Å². The number of aliphatic hydroxyl groups excluding tert-OH is 1. The second-order valence-electron chi connectivity index (χ2n) is 1.83. The zero-order chi connectivity index (χ0) is 7.11. The van der Waals surface area contributed by atoms with Crippen molar-refractivity contribution < 1.29 is 5.11 Å². The van der Waals surface area contributed by atoms with Crippen molar-refractivity contribution in [3.8, 4) is 6.07 Å². The van der Waals surface area contributed by atoms with Crippen LogP contribution >= 0.6 is 0 Å². The maximum absolute atomic E-state index is 8.92. The van der Waals surface area contributed by atoms with Crippen LogP contribution in [0, 0.1) is 11.3 Å². The van der Waals surface area contributed by atoms with Gasteiger partial charge in [-0.2, -0.15) is 5.26 Å². The van der Waals surface area contributed by atoms with Gasteiger partial charge >= 0.3 is 0 Å². The van der Waals surface area contributed by atoms with E-state index >= 15 is 0 Å². The molecule has 2 heteroatoms. The molecular weight excluding hydrogens is 114 g/mol. The Morgan fingerprint density at radius 2 is 2.44 bits per heavy atom. The Labute approximate surface area is 55.4 Å². The van der Waals surface area contributed by atoms with Crippen molar-refractivity contribution >= 4 is 0 Å². The molecule has 0 aromatic rings. The average Bonchev–Trinajstić information content (AvgIpc) is 1.89. The second-order valence-corrected chi connectivity index (χ2v) is 1.83. The Balaban J connectivity index is 3.28. The van der Waals surface area contributed by atoms with Crippen molar-refractivity contribution in [3.05, 3.63) is 12.2 Å². The second kappa shape index (κ2) is 5.33. The van der Waals surface area contributed by atoms with Gasteiger partial charge in [-0.15, -0.1) is 0 Å². The molecular formula is C7H11NO. The molecule has 0 aromatic heterocycles. The molecule has 0 rings (SSSR count). The molecule has 0 radical (unpaired) electrons. The maximum atomic E-state index is 8.92. The van der Waals surface area contributed by atoms with Crippen molar-refractivity contribution in [2.24, 2.45) is 0 Å². The van der Waals surface area contributed by atoms with Crippen molar-refractivity contribution in [1.82, 2.24) is 0 Å². The third-order valence-electron chi connectivity index (χ3n) is 1.07. The van der Waals surface area contributed by atoms with Gasteiger partial charge in [0.15, 0.2) is 0 Å². The van der Waals surface area contributed by atoms with Crippen LogP contribution in [0.25, 0.3) is 0 Å². The van der Waals surface area contributed by atoms with E-state index in [9.17, 15) is 0 Å². The summed E-state index contributed by atoms with van der Waals surface area (Å²) >= 11 is 0. The number of rotatable bonds is 3. The lowest BCUT2D eigenvalue weighted by Crippen LogP contribution is -2.00. The Bertz CT molecular complexity index is 123. The zero-order valence-electron chi connectivity index (χ0n) is 5.54. The van der Waals surface area contributed by atoms with Gasteiger partial charge in [-0.3, -0.25) is 0 Å². The minimum Gasteiger partial charge on any atom is -0.393 e. The molecule has 0 fully saturated rings. The highest BCUT2D eigenvalue weighted by molar-refractivity contribution is 5.01. The third kappa shape index (κ3) is 5.05. The van der Waals surface area contributed by atoms with Gasteiger partial charge in [0, 0.05) is 6.08 Å². The Kier molecular flexibility index (Phi) is 4.85. The summed E-state index contributed by atoms with van der Waals surface area (Å²) in [4.78, 5) is 0. The van der Waals surface area contributed by atoms with Gasteiger partial charge in [0.1, 0.15) is 0 Å². The standard InChI is InChI=1S/C7H11NO/c1-2-7(9)5-3-4-6-8/h3-4,7,9H,2,5H2,1H3/b4-3+. The number of hydrogen-bond acceptors (Lipinski definition) is 2. The molecule has 0 aliphatic carbocycles. The molecule has 1 N–H and O–H groups in total. The summed E-state index contributed by atoms with van der Waals surface area (Å²) in [6.45, 7) is 1.91. The summed E-state index contributed by atoms with van der Waals surface area (Å²) in [7, 11) is 0. The normalized spacial score (nSPS) is 13.4. The summed E-state index contributed by atoms with van der Waals surface area (Å²) in [6.07, 6.45) is 4.11.